The maximum absolute atomic E-state index is 12.6. The predicted octanol–water partition coefficient (Wildman–Crippen LogP) is 2.98. The van der Waals surface area contributed by atoms with Crippen molar-refractivity contribution < 1.29 is 24.2 Å². The van der Waals surface area contributed by atoms with Crippen molar-refractivity contribution in [2.45, 2.75) is 26.0 Å². The maximum atomic E-state index is 12.6. The summed E-state index contributed by atoms with van der Waals surface area (Å²) >= 11 is 0. The first-order valence-electron chi connectivity index (χ1n) is 8.19. The number of aromatic carboxylic acids is 1. The summed E-state index contributed by atoms with van der Waals surface area (Å²) in [5, 5.41) is 9.03. The Kier molecular flexibility index (Phi) is 4.61. The van der Waals surface area contributed by atoms with E-state index in [2.05, 4.69) is 0 Å². The summed E-state index contributed by atoms with van der Waals surface area (Å²) < 4.78 is 5.69. The number of carboxylic acid groups (broad SMARTS) is 1. The van der Waals surface area contributed by atoms with E-state index in [0.717, 1.165) is 0 Å². The molecule has 2 aromatic carbocycles. The lowest BCUT2D eigenvalue weighted by Crippen LogP contribution is -2.50. The van der Waals surface area contributed by atoms with Crippen molar-refractivity contribution in [2.75, 3.05) is 6.61 Å². The van der Waals surface area contributed by atoms with Crippen LogP contribution in [0.2, 0.25) is 0 Å². The van der Waals surface area contributed by atoms with Gasteiger partial charge in [-0.15, -0.1) is 0 Å². The van der Waals surface area contributed by atoms with E-state index in [9.17, 15) is 14.4 Å². The van der Waals surface area contributed by atoms with E-state index in [1.165, 1.54) is 17.0 Å². The van der Waals surface area contributed by atoms with Crippen LogP contribution in [0.3, 0.4) is 0 Å². The van der Waals surface area contributed by atoms with E-state index < -0.39 is 11.5 Å². The Balaban J connectivity index is 1.68. The second kappa shape index (κ2) is 6.72. The molecule has 0 aliphatic carbocycles. The van der Waals surface area contributed by atoms with E-state index >= 15 is 0 Å². The summed E-state index contributed by atoms with van der Waals surface area (Å²) in [6.45, 7) is 3.86. The lowest BCUT2D eigenvalue weighted by molar-refractivity contribution is 0.0117. The fourth-order valence-electron chi connectivity index (χ4n) is 3.02. The number of amides is 2. The fraction of sp³-hybridized carbons (Fsp3) is 0.250. The molecule has 1 heterocycles. The molecule has 2 aromatic rings. The van der Waals surface area contributed by atoms with Crippen molar-refractivity contribution in [3.8, 4) is 0 Å². The maximum Gasteiger partial charge on any atom is 0.335 e. The summed E-state index contributed by atoms with van der Waals surface area (Å²) in [6.07, 6.45) is 0. The molecule has 1 N–H and O–H groups in total. The van der Waals surface area contributed by atoms with Crippen molar-refractivity contribution in [1.82, 2.24) is 4.90 Å². The van der Waals surface area contributed by atoms with Gasteiger partial charge in [0.15, 0.2) is 0 Å². The molecule has 0 fully saturated rings. The molecule has 6 heteroatoms. The largest absolute Gasteiger partial charge is 0.478 e. The Morgan fingerprint density at radius 1 is 1.04 bits per heavy atom. The molecule has 0 bridgehead atoms. The van der Waals surface area contributed by atoms with E-state index in [1.807, 2.05) is 0 Å². The molecule has 0 spiro atoms. The highest BCUT2D eigenvalue weighted by atomic mass is 16.5. The first kappa shape index (κ1) is 17.8. The molecule has 0 aromatic heterocycles. The average molecular weight is 353 g/mol. The van der Waals surface area contributed by atoms with Crippen molar-refractivity contribution in [3.05, 3.63) is 70.8 Å². The van der Waals surface area contributed by atoms with Gasteiger partial charge in [0.25, 0.3) is 11.8 Å². The van der Waals surface area contributed by atoms with Crippen molar-refractivity contribution >= 4 is 17.8 Å². The van der Waals surface area contributed by atoms with Crippen LogP contribution in [-0.4, -0.2) is 39.9 Å². The average Bonchev–Trinajstić information content (AvgIpc) is 2.87. The fourth-order valence-corrected chi connectivity index (χ4v) is 3.02. The Morgan fingerprint density at radius 2 is 1.65 bits per heavy atom. The van der Waals surface area contributed by atoms with E-state index in [-0.39, 0.29) is 30.6 Å². The Bertz CT molecular complexity index is 852. The first-order chi connectivity index (χ1) is 12.3. The van der Waals surface area contributed by atoms with E-state index in [4.69, 9.17) is 9.84 Å². The monoisotopic (exact) mass is 353 g/mol. The molecule has 0 saturated carbocycles. The molecular formula is C20H19NO5. The molecule has 3 rings (SSSR count). The quantitative estimate of drug-likeness (QED) is 0.807. The van der Waals surface area contributed by atoms with Crippen LogP contribution in [0.4, 0.5) is 0 Å². The van der Waals surface area contributed by atoms with Gasteiger partial charge in [-0.3, -0.25) is 14.5 Å². The number of carbonyl (C=O) groups is 3. The second-order valence-electron chi connectivity index (χ2n) is 6.80. The normalized spacial score (nSPS) is 13.8. The van der Waals surface area contributed by atoms with Gasteiger partial charge in [0, 0.05) is 0 Å². The molecule has 0 unspecified atom stereocenters. The van der Waals surface area contributed by atoms with Gasteiger partial charge >= 0.3 is 5.97 Å². The highest BCUT2D eigenvalue weighted by molar-refractivity contribution is 6.21. The van der Waals surface area contributed by atoms with Crippen LogP contribution in [0.15, 0.2) is 48.5 Å². The third-order valence-electron chi connectivity index (χ3n) is 4.30. The number of nitrogens with zero attached hydrogens (tertiary/aromatic N) is 1. The number of carboxylic acids is 1. The van der Waals surface area contributed by atoms with Crippen LogP contribution in [0.25, 0.3) is 0 Å². The van der Waals surface area contributed by atoms with Gasteiger partial charge in [-0.1, -0.05) is 24.3 Å². The van der Waals surface area contributed by atoms with Crippen LogP contribution in [-0.2, 0) is 11.3 Å². The summed E-state index contributed by atoms with van der Waals surface area (Å²) in [5.74, 6) is -1.66. The lowest BCUT2D eigenvalue weighted by atomic mass is 10.0. The third kappa shape index (κ3) is 3.23. The van der Waals surface area contributed by atoms with Crippen molar-refractivity contribution in [1.29, 1.82) is 0 Å². The molecule has 1 aliphatic heterocycles. The molecule has 0 radical (unpaired) electrons. The number of fused-ring (bicyclic) bond motifs is 1. The van der Waals surface area contributed by atoms with Crippen LogP contribution < -0.4 is 0 Å². The van der Waals surface area contributed by atoms with Crippen molar-refractivity contribution in [3.63, 3.8) is 0 Å². The number of carbonyl (C=O) groups excluding carboxylic acids is 2. The van der Waals surface area contributed by atoms with Gasteiger partial charge in [0.1, 0.15) is 0 Å². The van der Waals surface area contributed by atoms with Gasteiger partial charge < -0.3 is 9.84 Å². The number of ether oxygens (including phenoxy) is 1. The summed E-state index contributed by atoms with van der Waals surface area (Å²) in [6, 6.07) is 13.2. The zero-order valence-electron chi connectivity index (χ0n) is 14.6. The van der Waals surface area contributed by atoms with Crippen LogP contribution in [0, 0.1) is 0 Å². The molecule has 6 nitrogen and oxygen atoms in total. The van der Waals surface area contributed by atoms with Gasteiger partial charge in [-0.05, 0) is 43.7 Å². The topological polar surface area (TPSA) is 83.9 Å². The van der Waals surface area contributed by atoms with Gasteiger partial charge in [-0.25, -0.2) is 4.79 Å². The number of hydrogen-bond acceptors (Lipinski definition) is 4. The zero-order chi connectivity index (χ0) is 18.9. The second-order valence-corrected chi connectivity index (χ2v) is 6.80. The highest BCUT2D eigenvalue weighted by Gasteiger charge is 2.43. The molecule has 0 saturated heterocycles. The van der Waals surface area contributed by atoms with E-state index in [1.54, 1.807) is 50.2 Å². The minimum absolute atomic E-state index is 0.135. The summed E-state index contributed by atoms with van der Waals surface area (Å²) in [5.41, 5.74) is 0.866. The number of hydrogen-bond donors (Lipinski definition) is 1. The predicted molar refractivity (Wildman–Crippen MR) is 94.1 cm³/mol. The van der Waals surface area contributed by atoms with Gasteiger partial charge in [0.2, 0.25) is 0 Å². The number of benzene rings is 2. The Labute approximate surface area is 151 Å². The summed E-state index contributed by atoms with van der Waals surface area (Å²) in [7, 11) is 0. The van der Waals surface area contributed by atoms with Gasteiger partial charge in [-0.2, -0.15) is 0 Å². The van der Waals surface area contributed by atoms with E-state index in [0.29, 0.717) is 16.7 Å². The van der Waals surface area contributed by atoms with Crippen LogP contribution >= 0.6 is 0 Å². The van der Waals surface area contributed by atoms with Crippen LogP contribution in [0.5, 0.6) is 0 Å². The standard InChI is InChI=1S/C20H19NO5/c1-20(2,12-26-11-13-6-5-7-14(10-13)19(24)25)21-17(22)15-8-3-4-9-16(15)18(21)23/h3-10H,11-12H2,1-2H3,(H,24,25). The molecule has 1 aliphatic rings. The zero-order valence-corrected chi connectivity index (χ0v) is 14.6. The first-order valence-corrected chi connectivity index (χ1v) is 8.19. The summed E-state index contributed by atoms with van der Waals surface area (Å²) in [4.78, 5) is 37.4. The Hall–Kier alpha value is -2.99. The molecule has 134 valence electrons. The molecule has 0 atom stereocenters. The molecule has 2 amide bonds. The number of imide groups is 1. The van der Waals surface area contributed by atoms with Crippen molar-refractivity contribution in [2.24, 2.45) is 0 Å². The lowest BCUT2D eigenvalue weighted by Gasteiger charge is -2.33. The highest BCUT2D eigenvalue weighted by Crippen LogP contribution is 2.29. The smallest absolute Gasteiger partial charge is 0.335 e. The number of rotatable bonds is 6. The molecular weight excluding hydrogens is 334 g/mol. The van der Waals surface area contributed by atoms with Crippen LogP contribution in [0.1, 0.15) is 50.5 Å². The third-order valence-corrected chi connectivity index (χ3v) is 4.30. The minimum Gasteiger partial charge on any atom is -0.478 e. The van der Waals surface area contributed by atoms with Gasteiger partial charge in [0.05, 0.1) is 35.4 Å². The molecule has 26 heavy (non-hydrogen) atoms. The minimum atomic E-state index is -1.00. The Morgan fingerprint density at radius 3 is 2.23 bits per heavy atom. The SMILES string of the molecule is CC(C)(COCc1cccc(C(=O)O)c1)N1C(=O)c2ccccc2C1=O.